The molecule has 2 atom stereocenters. The number of hydrogen-bond donors (Lipinski definition) is 1. The topological polar surface area (TPSA) is 12.0 Å². The summed E-state index contributed by atoms with van der Waals surface area (Å²) in [7, 11) is 0. The highest BCUT2D eigenvalue weighted by molar-refractivity contribution is 5.22. The Morgan fingerprint density at radius 3 is 2.83 bits per heavy atom. The van der Waals surface area contributed by atoms with Gasteiger partial charge in [-0.3, -0.25) is 0 Å². The van der Waals surface area contributed by atoms with Crippen molar-refractivity contribution in [1.82, 2.24) is 5.32 Å². The summed E-state index contributed by atoms with van der Waals surface area (Å²) in [5.74, 6) is 0.982. The maximum absolute atomic E-state index is 3.75. The lowest BCUT2D eigenvalue weighted by Gasteiger charge is -2.17. The van der Waals surface area contributed by atoms with Gasteiger partial charge in [-0.15, -0.1) is 0 Å². The van der Waals surface area contributed by atoms with Gasteiger partial charge in [-0.1, -0.05) is 56.0 Å². The van der Waals surface area contributed by atoms with Crippen LogP contribution in [0, 0.1) is 12.8 Å². The summed E-state index contributed by atoms with van der Waals surface area (Å²) in [6.45, 7) is 5.54. The van der Waals surface area contributed by atoms with Crippen LogP contribution >= 0.6 is 0 Å². The third-order valence-corrected chi connectivity index (χ3v) is 4.34. The molecule has 0 bridgehead atoms. The summed E-state index contributed by atoms with van der Waals surface area (Å²) in [6.07, 6.45) is 8.36. The van der Waals surface area contributed by atoms with Crippen molar-refractivity contribution in [1.29, 1.82) is 0 Å². The van der Waals surface area contributed by atoms with Crippen LogP contribution in [-0.4, -0.2) is 6.04 Å². The van der Waals surface area contributed by atoms with Crippen molar-refractivity contribution in [2.75, 3.05) is 0 Å². The fourth-order valence-electron chi connectivity index (χ4n) is 3.08. The first-order valence-corrected chi connectivity index (χ1v) is 7.57. The molecule has 1 aromatic rings. The first-order chi connectivity index (χ1) is 8.78. The van der Waals surface area contributed by atoms with Gasteiger partial charge in [-0.2, -0.15) is 0 Å². The SMILES string of the molecule is CCC1CCCC(NCc2cccc(C)c2)CC1. The molecule has 0 spiro atoms. The number of hydrogen-bond acceptors (Lipinski definition) is 1. The minimum absolute atomic E-state index is 0.738. The highest BCUT2D eigenvalue weighted by Crippen LogP contribution is 2.25. The summed E-state index contributed by atoms with van der Waals surface area (Å²) in [5.41, 5.74) is 2.78. The van der Waals surface area contributed by atoms with Crippen molar-refractivity contribution in [3.63, 3.8) is 0 Å². The predicted molar refractivity (Wildman–Crippen MR) is 78.7 cm³/mol. The van der Waals surface area contributed by atoms with Crippen LogP contribution in [0.15, 0.2) is 24.3 Å². The molecule has 0 heterocycles. The smallest absolute Gasteiger partial charge is 0.0208 e. The molecule has 0 saturated heterocycles. The van der Waals surface area contributed by atoms with Gasteiger partial charge in [0.15, 0.2) is 0 Å². The fourth-order valence-corrected chi connectivity index (χ4v) is 3.08. The van der Waals surface area contributed by atoms with Gasteiger partial charge in [0, 0.05) is 12.6 Å². The van der Waals surface area contributed by atoms with Gasteiger partial charge < -0.3 is 5.32 Å². The normalized spacial score (nSPS) is 24.8. The Kier molecular flexibility index (Phi) is 5.25. The first-order valence-electron chi connectivity index (χ1n) is 7.57. The Labute approximate surface area is 112 Å². The third-order valence-electron chi connectivity index (χ3n) is 4.34. The van der Waals surface area contributed by atoms with Gasteiger partial charge in [0.25, 0.3) is 0 Å². The Morgan fingerprint density at radius 2 is 2.06 bits per heavy atom. The van der Waals surface area contributed by atoms with Gasteiger partial charge in [0.2, 0.25) is 0 Å². The average Bonchev–Trinajstić information content (AvgIpc) is 2.61. The van der Waals surface area contributed by atoms with E-state index in [1.165, 1.54) is 49.7 Å². The van der Waals surface area contributed by atoms with Crippen LogP contribution in [-0.2, 0) is 6.54 Å². The number of nitrogens with one attached hydrogen (secondary N) is 1. The van der Waals surface area contributed by atoms with E-state index < -0.39 is 0 Å². The third kappa shape index (κ3) is 4.13. The molecular weight excluding hydrogens is 218 g/mol. The second kappa shape index (κ2) is 6.94. The van der Waals surface area contributed by atoms with Crippen molar-refractivity contribution in [3.8, 4) is 0 Å². The van der Waals surface area contributed by atoms with Crippen molar-refractivity contribution in [2.45, 2.75) is 65.0 Å². The van der Waals surface area contributed by atoms with Crippen molar-refractivity contribution in [2.24, 2.45) is 5.92 Å². The number of rotatable bonds is 4. The van der Waals surface area contributed by atoms with E-state index in [4.69, 9.17) is 0 Å². The Morgan fingerprint density at radius 1 is 1.17 bits per heavy atom. The van der Waals surface area contributed by atoms with Crippen LogP contribution in [0.25, 0.3) is 0 Å². The molecule has 1 aliphatic rings. The molecule has 0 radical (unpaired) electrons. The summed E-state index contributed by atoms with van der Waals surface area (Å²) >= 11 is 0. The van der Waals surface area contributed by atoms with Crippen molar-refractivity contribution in [3.05, 3.63) is 35.4 Å². The standard InChI is InChI=1S/C17H27N/c1-3-15-7-5-9-17(11-10-15)18-13-16-8-4-6-14(2)12-16/h4,6,8,12,15,17-18H,3,5,7,9-11,13H2,1-2H3. The predicted octanol–water partition coefficient (Wildman–Crippen LogP) is 4.44. The van der Waals surface area contributed by atoms with Crippen LogP contribution in [0.2, 0.25) is 0 Å². The molecular formula is C17H27N. The molecule has 1 fully saturated rings. The molecule has 18 heavy (non-hydrogen) atoms. The zero-order valence-corrected chi connectivity index (χ0v) is 11.9. The molecule has 0 aromatic heterocycles. The van der Waals surface area contributed by atoms with Gasteiger partial charge in [0.05, 0.1) is 0 Å². The minimum atomic E-state index is 0.738. The molecule has 1 aliphatic carbocycles. The average molecular weight is 245 g/mol. The van der Waals surface area contributed by atoms with E-state index in [1.54, 1.807) is 0 Å². The quantitative estimate of drug-likeness (QED) is 0.773. The van der Waals surface area contributed by atoms with E-state index in [0.29, 0.717) is 0 Å². The zero-order valence-electron chi connectivity index (χ0n) is 11.9. The lowest BCUT2D eigenvalue weighted by Crippen LogP contribution is -2.28. The van der Waals surface area contributed by atoms with Crippen molar-refractivity contribution < 1.29 is 0 Å². The van der Waals surface area contributed by atoms with Crippen molar-refractivity contribution >= 4 is 0 Å². The highest BCUT2D eigenvalue weighted by Gasteiger charge is 2.17. The summed E-state index contributed by atoms with van der Waals surface area (Å²) < 4.78 is 0. The van der Waals surface area contributed by atoms with Crippen LogP contribution in [0.1, 0.15) is 56.6 Å². The molecule has 1 saturated carbocycles. The second-order valence-corrected chi connectivity index (χ2v) is 5.85. The summed E-state index contributed by atoms with van der Waals surface area (Å²) in [4.78, 5) is 0. The highest BCUT2D eigenvalue weighted by atomic mass is 14.9. The van der Waals surface area contributed by atoms with E-state index in [9.17, 15) is 0 Å². The summed E-state index contributed by atoms with van der Waals surface area (Å²) in [5, 5.41) is 3.75. The minimum Gasteiger partial charge on any atom is -0.310 e. The van der Waals surface area contributed by atoms with Crippen LogP contribution < -0.4 is 5.32 Å². The Bertz CT molecular complexity index is 358. The molecule has 1 heteroatoms. The Balaban J connectivity index is 1.79. The monoisotopic (exact) mass is 245 g/mol. The molecule has 1 N–H and O–H groups in total. The van der Waals surface area contributed by atoms with Crippen LogP contribution in [0.5, 0.6) is 0 Å². The maximum Gasteiger partial charge on any atom is 0.0208 e. The van der Waals surface area contributed by atoms with Gasteiger partial charge in [-0.25, -0.2) is 0 Å². The van der Waals surface area contributed by atoms with Gasteiger partial charge >= 0.3 is 0 Å². The van der Waals surface area contributed by atoms with Gasteiger partial charge in [-0.05, 0) is 37.7 Å². The van der Waals surface area contributed by atoms with Crippen LogP contribution in [0.4, 0.5) is 0 Å². The lowest BCUT2D eigenvalue weighted by molar-refractivity contribution is 0.425. The number of benzene rings is 1. The fraction of sp³-hybridized carbons (Fsp3) is 0.647. The number of aryl methyl sites for hydroxylation is 1. The van der Waals surface area contributed by atoms with E-state index >= 15 is 0 Å². The van der Waals surface area contributed by atoms with Gasteiger partial charge in [0.1, 0.15) is 0 Å². The lowest BCUT2D eigenvalue weighted by atomic mass is 9.98. The first kappa shape index (κ1) is 13.6. The molecule has 2 unspecified atom stereocenters. The molecule has 0 amide bonds. The molecule has 100 valence electrons. The summed E-state index contributed by atoms with van der Waals surface area (Å²) in [6, 6.07) is 9.58. The second-order valence-electron chi connectivity index (χ2n) is 5.85. The van der Waals surface area contributed by atoms with E-state index in [0.717, 1.165) is 18.5 Å². The largest absolute Gasteiger partial charge is 0.310 e. The van der Waals surface area contributed by atoms with E-state index in [-0.39, 0.29) is 0 Å². The molecule has 1 nitrogen and oxygen atoms in total. The molecule has 2 rings (SSSR count). The molecule has 1 aromatic carbocycles. The molecule has 0 aliphatic heterocycles. The van der Waals surface area contributed by atoms with Crippen LogP contribution in [0.3, 0.4) is 0 Å². The van der Waals surface area contributed by atoms with E-state index in [2.05, 4.69) is 43.4 Å². The van der Waals surface area contributed by atoms with E-state index in [1.807, 2.05) is 0 Å². The maximum atomic E-state index is 3.75. The Hall–Kier alpha value is -0.820. The zero-order chi connectivity index (χ0) is 12.8.